The Bertz CT molecular complexity index is 327. The maximum Gasteiger partial charge on any atom is 0.333 e. The monoisotopic (exact) mass is 183 g/mol. The first-order chi connectivity index (χ1) is 6.02. The number of hydrogen-bond acceptors (Lipinski definition) is 3. The van der Waals surface area contributed by atoms with Crippen molar-refractivity contribution in [3.05, 3.63) is 22.9 Å². The van der Waals surface area contributed by atoms with E-state index in [1.807, 2.05) is 0 Å². The minimum absolute atomic E-state index is 0.0109. The molecule has 5 heteroatoms. The smallest absolute Gasteiger partial charge is 0.333 e. The van der Waals surface area contributed by atoms with Crippen LogP contribution in [-0.4, -0.2) is 22.2 Å². The SMILES string of the molecule is NC1=C(C(=O)O)CC=C(C(=O)O)C1. The number of nitrogens with two attached hydrogens (primary N) is 1. The highest BCUT2D eigenvalue weighted by Crippen LogP contribution is 2.21. The molecule has 0 bridgehead atoms. The summed E-state index contributed by atoms with van der Waals surface area (Å²) in [6.07, 6.45) is 1.47. The van der Waals surface area contributed by atoms with Crippen LogP contribution in [0.2, 0.25) is 0 Å². The second-order valence-electron chi connectivity index (χ2n) is 2.72. The highest BCUT2D eigenvalue weighted by molar-refractivity contribution is 5.92. The molecule has 0 amide bonds. The van der Waals surface area contributed by atoms with Crippen molar-refractivity contribution in [1.82, 2.24) is 0 Å². The van der Waals surface area contributed by atoms with Gasteiger partial charge in [-0.2, -0.15) is 0 Å². The van der Waals surface area contributed by atoms with Crippen molar-refractivity contribution in [2.45, 2.75) is 12.8 Å². The first-order valence-corrected chi connectivity index (χ1v) is 3.65. The van der Waals surface area contributed by atoms with E-state index in [9.17, 15) is 9.59 Å². The van der Waals surface area contributed by atoms with E-state index in [4.69, 9.17) is 15.9 Å². The van der Waals surface area contributed by atoms with Crippen LogP contribution in [0.5, 0.6) is 0 Å². The largest absolute Gasteiger partial charge is 0.478 e. The van der Waals surface area contributed by atoms with E-state index < -0.39 is 11.9 Å². The third kappa shape index (κ3) is 1.87. The fourth-order valence-electron chi connectivity index (χ4n) is 1.13. The Morgan fingerprint density at radius 3 is 2.31 bits per heavy atom. The first-order valence-electron chi connectivity index (χ1n) is 3.65. The molecule has 0 unspecified atom stereocenters. The topological polar surface area (TPSA) is 101 Å². The molecule has 1 rings (SSSR count). The number of rotatable bonds is 2. The summed E-state index contributed by atoms with van der Waals surface area (Å²) in [4.78, 5) is 21.0. The van der Waals surface area contributed by atoms with Crippen LogP contribution in [0.15, 0.2) is 22.9 Å². The van der Waals surface area contributed by atoms with E-state index in [0.717, 1.165) is 0 Å². The molecule has 0 fully saturated rings. The molecule has 0 aromatic heterocycles. The number of carboxylic acid groups (broad SMARTS) is 2. The van der Waals surface area contributed by atoms with Gasteiger partial charge in [0.1, 0.15) is 0 Å². The molecule has 1 aliphatic carbocycles. The van der Waals surface area contributed by atoms with Gasteiger partial charge in [-0.05, 0) is 0 Å². The van der Waals surface area contributed by atoms with Gasteiger partial charge in [-0.15, -0.1) is 0 Å². The molecule has 0 radical (unpaired) electrons. The number of carboxylic acids is 2. The zero-order valence-electron chi connectivity index (χ0n) is 6.78. The van der Waals surface area contributed by atoms with Crippen molar-refractivity contribution in [1.29, 1.82) is 0 Å². The number of allylic oxidation sites excluding steroid dienone is 2. The molecule has 0 heterocycles. The van der Waals surface area contributed by atoms with Crippen molar-refractivity contribution >= 4 is 11.9 Å². The van der Waals surface area contributed by atoms with Gasteiger partial charge in [0, 0.05) is 24.1 Å². The van der Waals surface area contributed by atoms with Crippen LogP contribution in [0.25, 0.3) is 0 Å². The molecule has 0 spiro atoms. The van der Waals surface area contributed by atoms with Gasteiger partial charge >= 0.3 is 11.9 Å². The molecular formula is C8H9NO4. The fourth-order valence-corrected chi connectivity index (χ4v) is 1.13. The van der Waals surface area contributed by atoms with E-state index in [-0.39, 0.29) is 29.7 Å². The Morgan fingerprint density at radius 1 is 1.31 bits per heavy atom. The number of carbonyl (C=O) groups is 2. The molecule has 70 valence electrons. The summed E-state index contributed by atoms with van der Waals surface area (Å²) in [5.74, 6) is -2.13. The molecule has 4 N–H and O–H groups in total. The molecule has 0 atom stereocenters. The third-order valence-electron chi connectivity index (χ3n) is 1.85. The van der Waals surface area contributed by atoms with E-state index >= 15 is 0 Å². The quantitative estimate of drug-likeness (QED) is 0.563. The first kappa shape index (κ1) is 9.31. The van der Waals surface area contributed by atoms with Crippen LogP contribution in [0.4, 0.5) is 0 Å². The maximum absolute atomic E-state index is 10.5. The minimum Gasteiger partial charge on any atom is -0.478 e. The second-order valence-corrected chi connectivity index (χ2v) is 2.72. The molecular weight excluding hydrogens is 174 g/mol. The summed E-state index contributed by atoms with van der Waals surface area (Å²) in [5, 5.41) is 17.2. The average molecular weight is 183 g/mol. The highest BCUT2D eigenvalue weighted by Gasteiger charge is 2.20. The van der Waals surface area contributed by atoms with E-state index in [2.05, 4.69) is 0 Å². The van der Waals surface area contributed by atoms with E-state index in [1.165, 1.54) is 6.08 Å². The highest BCUT2D eigenvalue weighted by atomic mass is 16.4. The Balaban J connectivity index is 2.85. The summed E-state index contributed by atoms with van der Waals surface area (Å²) in [6, 6.07) is 0. The Hall–Kier alpha value is -1.78. The Labute approximate surface area is 74.2 Å². The van der Waals surface area contributed by atoms with Crippen molar-refractivity contribution in [2.24, 2.45) is 5.73 Å². The molecule has 13 heavy (non-hydrogen) atoms. The van der Waals surface area contributed by atoms with Crippen molar-refractivity contribution in [3.63, 3.8) is 0 Å². The average Bonchev–Trinajstić information content (AvgIpc) is 2.03. The van der Waals surface area contributed by atoms with Gasteiger partial charge in [-0.25, -0.2) is 9.59 Å². The lowest BCUT2D eigenvalue weighted by Crippen LogP contribution is -2.17. The van der Waals surface area contributed by atoms with Crippen LogP contribution in [0.1, 0.15) is 12.8 Å². The van der Waals surface area contributed by atoms with Crippen LogP contribution >= 0.6 is 0 Å². The molecule has 5 nitrogen and oxygen atoms in total. The van der Waals surface area contributed by atoms with Crippen molar-refractivity contribution < 1.29 is 19.8 Å². The standard InChI is InChI=1S/C8H9NO4/c9-6-3-4(7(10)11)1-2-5(6)8(12)13/h1H,2-3,9H2,(H,10,11)(H,12,13). The van der Waals surface area contributed by atoms with Crippen molar-refractivity contribution in [3.8, 4) is 0 Å². The van der Waals surface area contributed by atoms with Crippen LogP contribution in [-0.2, 0) is 9.59 Å². The molecule has 0 aromatic rings. The van der Waals surface area contributed by atoms with Crippen LogP contribution < -0.4 is 5.73 Å². The van der Waals surface area contributed by atoms with Gasteiger partial charge in [-0.1, -0.05) is 6.08 Å². The maximum atomic E-state index is 10.5. The Morgan fingerprint density at radius 2 is 1.92 bits per heavy atom. The van der Waals surface area contributed by atoms with Gasteiger partial charge in [-0.3, -0.25) is 0 Å². The van der Waals surface area contributed by atoms with Crippen LogP contribution in [0.3, 0.4) is 0 Å². The molecule has 0 aromatic carbocycles. The lowest BCUT2D eigenvalue weighted by atomic mass is 9.96. The predicted molar refractivity (Wildman–Crippen MR) is 43.8 cm³/mol. The van der Waals surface area contributed by atoms with E-state index in [1.54, 1.807) is 0 Å². The van der Waals surface area contributed by atoms with Gasteiger partial charge in [0.2, 0.25) is 0 Å². The van der Waals surface area contributed by atoms with Gasteiger partial charge in [0.25, 0.3) is 0 Å². The van der Waals surface area contributed by atoms with Gasteiger partial charge < -0.3 is 15.9 Å². The normalized spacial score (nSPS) is 16.8. The minimum atomic E-state index is -1.09. The molecule has 0 saturated carbocycles. The van der Waals surface area contributed by atoms with Crippen molar-refractivity contribution in [2.75, 3.05) is 0 Å². The van der Waals surface area contributed by atoms with Gasteiger partial charge in [0.05, 0.1) is 5.57 Å². The van der Waals surface area contributed by atoms with E-state index in [0.29, 0.717) is 0 Å². The fraction of sp³-hybridized carbons (Fsp3) is 0.250. The molecule has 0 aliphatic heterocycles. The van der Waals surface area contributed by atoms with Gasteiger partial charge in [0.15, 0.2) is 0 Å². The lowest BCUT2D eigenvalue weighted by molar-refractivity contribution is -0.134. The number of aliphatic carboxylic acids is 2. The summed E-state index contributed by atoms with van der Waals surface area (Å²) < 4.78 is 0. The summed E-state index contributed by atoms with van der Waals surface area (Å²) in [7, 11) is 0. The molecule has 1 aliphatic rings. The third-order valence-corrected chi connectivity index (χ3v) is 1.85. The van der Waals surface area contributed by atoms with Crippen LogP contribution in [0, 0.1) is 0 Å². The summed E-state index contributed by atoms with van der Waals surface area (Å²) >= 11 is 0. The lowest BCUT2D eigenvalue weighted by Gasteiger charge is -2.12. The zero-order chi connectivity index (χ0) is 10.0. The second kappa shape index (κ2) is 3.30. The molecule has 0 saturated heterocycles. The summed E-state index contributed by atoms with van der Waals surface area (Å²) in [6.45, 7) is 0. The summed E-state index contributed by atoms with van der Waals surface area (Å²) in [5.41, 5.74) is 5.78. The number of hydrogen-bond donors (Lipinski definition) is 3. The predicted octanol–water partition coefficient (Wildman–Crippen LogP) is 0.0886. The Kier molecular flexibility index (Phi) is 2.36. The zero-order valence-corrected chi connectivity index (χ0v) is 6.78.